The first-order valence-corrected chi connectivity index (χ1v) is 11.5. The molecule has 0 saturated heterocycles. The van der Waals surface area contributed by atoms with Crippen LogP contribution in [0.25, 0.3) is 5.70 Å². The fourth-order valence-corrected chi connectivity index (χ4v) is 4.36. The summed E-state index contributed by atoms with van der Waals surface area (Å²) in [7, 11) is 0. The molecule has 0 bridgehead atoms. The first-order valence-electron chi connectivity index (χ1n) is 11.5. The first kappa shape index (κ1) is 35.0. The molecule has 0 fully saturated rings. The smallest absolute Gasteiger partial charge is 0.396 e. The Morgan fingerprint density at radius 3 is 2.35 bits per heavy atom. The van der Waals surface area contributed by atoms with E-state index < -0.39 is 0 Å². The minimum absolute atomic E-state index is 0. The van der Waals surface area contributed by atoms with E-state index in [4.69, 9.17) is 11.6 Å². The van der Waals surface area contributed by atoms with Crippen molar-refractivity contribution in [1.82, 2.24) is 5.43 Å². The number of hydrogen-bond acceptors (Lipinski definition) is 4. The van der Waals surface area contributed by atoms with E-state index in [9.17, 15) is 4.79 Å². The van der Waals surface area contributed by atoms with Crippen molar-refractivity contribution in [3.05, 3.63) is 78.9 Å². The van der Waals surface area contributed by atoms with E-state index in [-0.39, 0.29) is 70.1 Å². The molecule has 5 nitrogen and oxygen atoms in total. The number of fused-ring (bicyclic) bond motifs is 1. The van der Waals surface area contributed by atoms with Gasteiger partial charge in [-0.3, -0.25) is 10.6 Å². The van der Waals surface area contributed by atoms with E-state index >= 15 is 0 Å². The summed E-state index contributed by atoms with van der Waals surface area (Å²) in [6, 6.07) is 7.72. The van der Waals surface area contributed by atoms with Gasteiger partial charge >= 0.3 is 51.4 Å². The van der Waals surface area contributed by atoms with Gasteiger partial charge in [-0.25, -0.2) is 0 Å². The van der Waals surface area contributed by atoms with E-state index in [1.54, 1.807) is 6.08 Å². The molecule has 5 N–H and O–H groups in total. The van der Waals surface area contributed by atoms with Gasteiger partial charge in [-0.1, -0.05) is 84.5 Å². The molecule has 0 spiro atoms. The average Bonchev–Trinajstić information content (AvgIpc) is 2.72. The Morgan fingerprint density at radius 2 is 1.85 bits per heavy atom. The zero-order valence-electron chi connectivity index (χ0n) is 23.0. The summed E-state index contributed by atoms with van der Waals surface area (Å²) in [4.78, 5) is 15.4. The van der Waals surface area contributed by atoms with Crippen molar-refractivity contribution in [3.63, 3.8) is 0 Å². The quantitative estimate of drug-likeness (QED) is 0.236. The molecule has 1 aromatic rings. The summed E-state index contributed by atoms with van der Waals surface area (Å²) < 4.78 is 0. The molecule has 0 unspecified atom stereocenters. The second-order valence-corrected chi connectivity index (χ2v) is 9.01. The second kappa shape index (κ2) is 16.5. The predicted molar refractivity (Wildman–Crippen MR) is 145 cm³/mol. The van der Waals surface area contributed by atoms with E-state index in [1.807, 2.05) is 62.1 Å². The number of hydrazine groups is 1. The molecule has 34 heavy (non-hydrogen) atoms. The van der Waals surface area contributed by atoms with Crippen LogP contribution in [0.2, 0.25) is 0 Å². The van der Waals surface area contributed by atoms with Crippen molar-refractivity contribution in [1.29, 1.82) is 0 Å². The molecule has 0 saturated carbocycles. The number of carbonyl (C=O) groups excluding carboxylic acids is 1. The average molecular weight is 493 g/mol. The fourth-order valence-electron chi connectivity index (χ4n) is 4.36. The first-order chi connectivity index (χ1) is 15.1. The van der Waals surface area contributed by atoms with Crippen LogP contribution < -0.4 is 73.3 Å². The van der Waals surface area contributed by atoms with Crippen LogP contribution in [0.4, 0.5) is 5.69 Å². The van der Waals surface area contributed by atoms with Gasteiger partial charge in [0.05, 0.1) is 23.6 Å². The molecule has 1 amide bonds. The van der Waals surface area contributed by atoms with Crippen LogP contribution >= 0.6 is 0 Å². The van der Waals surface area contributed by atoms with Gasteiger partial charge in [-0.05, 0) is 36.3 Å². The van der Waals surface area contributed by atoms with Crippen LogP contribution in [0, 0.1) is 18.8 Å². The molecular formula is C28H45KN4O. The number of nitrogens with two attached hydrogens (primary N) is 2. The minimum Gasteiger partial charge on any atom is -0.396 e. The summed E-state index contributed by atoms with van der Waals surface area (Å²) in [6.07, 6.45) is 7.08. The van der Waals surface area contributed by atoms with E-state index in [0.29, 0.717) is 30.3 Å². The third-order valence-corrected chi connectivity index (χ3v) is 5.31. The zero-order chi connectivity index (χ0) is 24.5. The Kier molecular flexibility index (Phi) is 17.0. The van der Waals surface area contributed by atoms with Gasteiger partial charge < -0.3 is 23.5 Å². The Morgan fingerprint density at radius 1 is 1.26 bits per heavy atom. The van der Waals surface area contributed by atoms with Crippen LogP contribution in [0.15, 0.2) is 65.9 Å². The number of amides is 1. The minimum atomic E-state index is -0.0991. The zero-order valence-corrected chi connectivity index (χ0v) is 26.1. The number of hydrogen-bond donors (Lipinski definition) is 3. The topological polar surface area (TPSA) is 84.4 Å². The largest absolute Gasteiger partial charge is 1.00 e. The van der Waals surface area contributed by atoms with Gasteiger partial charge in [0.15, 0.2) is 0 Å². The monoisotopic (exact) mass is 492 g/mol. The van der Waals surface area contributed by atoms with Crippen molar-refractivity contribution in [2.45, 2.75) is 61.3 Å². The molecule has 1 aliphatic rings. The van der Waals surface area contributed by atoms with Crippen LogP contribution in [-0.2, 0) is 4.79 Å². The summed E-state index contributed by atoms with van der Waals surface area (Å²) in [5.74, 6) is 6.48. The maximum Gasteiger partial charge on any atom is 1.00 e. The summed E-state index contributed by atoms with van der Waals surface area (Å²) in [5.41, 5.74) is 13.5. The number of allylic oxidation sites excluding steroid dienone is 2. The van der Waals surface area contributed by atoms with Crippen LogP contribution in [0.5, 0.6) is 0 Å². The normalized spacial score (nSPS) is 18.0. The molecule has 2 rings (SSSR count). The number of rotatable bonds is 7. The van der Waals surface area contributed by atoms with Gasteiger partial charge in [-0.15, -0.1) is 0 Å². The van der Waals surface area contributed by atoms with E-state index in [1.165, 1.54) is 0 Å². The third kappa shape index (κ3) is 9.13. The summed E-state index contributed by atoms with van der Waals surface area (Å²) in [6.45, 7) is 19.0. The molecule has 1 heterocycles. The third-order valence-electron chi connectivity index (χ3n) is 5.31. The fraction of sp³-hybridized carbons (Fsp3) is 0.429. The Hall–Kier alpha value is -1.15. The summed E-state index contributed by atoms with van der Waals surface area (Å²) >= 11 is 0. The van der Waals surface area contributed by atoms with Crippen LogP contribution in [0.1, 0.15) is 66.9 Å². The maximum absolute atomic E-state index is 13.6. The number of para-hydroxylation sites is 1. The Balaban J connectivity index is 0. The van der Waals surface area contributed by atoms with Gasteiger partial charge in [-0.2, -0.15) is 0 Å². The van der Waals surface area contributed by atoms with Gasteiger partial charge in [0.2, 0.25) is 5.91 Å². The molecule has 0 atom stereocenters. The summed E-state index contributed by atoms with van der Waals surface area (Å²) in [5, 5.41) is 0. The van der Waals surface area contributed by atoms with Crippen LogP contribution in [0.3, 0.4) is 0 Å². The van der Waals surface area contributed by atoms with E-state index in [0.717, 1.165) is 28.8 Å². The van der Waals surface area contributed by atoms with Crippen molar-refractivity contribution >= 4 is 17.3 Å². The Bertz CT molecular complexity index is 897. The molecule has 1 aliphatic heterocycles. The number of nitrogens with one attached hydrogen (secondary N) is 1. The molecule has 6 heteroatoms. The molecular weight excluding hydrogens is 447 g/mol. The van der Waals surface area contributed by atoms with Crippen molar-refractivity contribution in [3.8, 4) is 0 Å². The van der Waals surface area contributed by atoms with Gasteiger partial charge in [0, 0.05) is 17.6 Å². The SMILES string of the molecule is C=CC1=C(\C=C/C)CN(C(=O)CC(C)(C)CC(C)C)c2ccccc2/C(NN)=C\1N.CC.[CH3-].[K+]. The predicted octanol–water partition coefficient (Wildman–Crippen LogP) is 3.13. The number of benzene rings is 1. The molecule has 184 valence electrons. The number of nitrogens with zero attached hydrogens (tertiary/aromatic N) is 1. The van der Waals surface area contributed by atoms with E-state index in [2.05, 4.69) is 39.7 Å². The van der Waals surface area contributed by atoms with Crippen molar-refractivity contribution in [2.24, 2.45) is 22.9 Å². The molecule has 0 aliphatic carbocycles. The number of anilines is 1. The van der Waals surface area contributed by atoms with Crippen molar-refractivity contribution in [2.75, 3.05) is 11.4 Å². The molecule has 0 radical (unpaired) electrons. The maximum atomic E-state index is 13.6. The van der Waals surface area contributed by atoms with Gasteiger partial charge in [0.25, 0.3) is 0 Å². The Labute approximate surface area is 251 Å². The van der Waals surface area contributed by atoms with Crippen LogP contribution in [-0.4, -0.2) is 12.5 Å². The molecule has 0 aromatic heterocycles. The standard InChI is InChI=1S/C25H36N4O.C2H6.CH3.K/c1-7-11-18-16-29(22(30)15-25(5,6)14-17(3)4)21-13-10-9-12-20(21)24(28-27)23(26)19(18)8-2;1-2;;/h7-13,17,28H,2,14-16,26-27H2,1,3-6H3;1-2H3;1H3;/q;;-1;+1/b11-7-,19-18-,24-23-;;;. The number of carbonyl (C=O) groups is 1. The second-order valence-electron chi connectivity index (χ2n) is 9.01. The molecule has 1 aromatic carbocycles. The van der Waals surface area contributed by atoms with Gasteiger partial charge in [0.1, 0.15) is 0 Å². The van der Waals surface area contributed by atoms with Crippen molar-refractivity contribution < 1.29 is 56.2 Å².